The second-order valence-electron chi connectivity index (χ2n) is 3.71. The van der Waals surface area contributed by atoms with Crippen LogP contribution in [0.5, 0.6) is 0 Å². The Hall–Kier alpha value is -0.980. The summed E-state index contributed by atoms with van der Waals surface area (Å²) < 4.78 is 0.658. The van der Waals surface area contributed by atoms with Gasteiger partial charge in [0.1, 0.15) is 4.60 Å². The molecule has 0 saturated carbocycles. The Bertz CT molecular complexity index is 386. The first-order valence-corrected chi connectivity index (χ1v) is 5.64. The number of hydrogen-bond acceptors (Lipinski definition) is 4. The zero-order valence-corrected chi connectivity index (χ0v) is 9.96. The third-order valence-electron chi connectivity index (χ3n) is 2.52. The normalized spacial score (nSPS) is 24.8. The van der Waals surface area contributed by atoms with Gasteiger partial charge >= 0.3 is 0 Å². The van der Waals surface area contributed by atoms with Crippen LogP contribution in [0.4, 0.5) is 0 Å². The van der Waals surface area contributed by atoms with Crippen LogP contribution in [0, 0.1) is 0 Å². The van der Waals surface area contributed by atoms with E-state index >= 15 is 0 Å². The Labute approximate surface area is 101 Å². The molecule has 1 aliphatic rings. The van der Waals surface area contributed by atoms with Gasteiger partial charge in [-0.2, -0.15) is 0 Å². The minimum Gasteiger partial charge on any atom is -0.388 e. The number of carbonyl (C=O) groups excluding carboxylic acids is 1. The minimum absolute atomic E-state index is 0.163. The van der Waals surface area contributed by atoms with Gasteiger partial charge in [0, 0.05) is 19.3 Å². The van der Waals surface area contributed by atoms with Crippen LogP contribution in [0.1, 0.15) is 10.4 Å². The standard InChI is InChI=1S/C10H11BrN2O3/c11-9-2-1-6(3-12-9)10(16)13-4-7(14)8(15)5-13/h1-3,7-8,14-15H,4-5H2/t7-,8+. The smallest absolute Gasteiger partial charge is 0.255 e. The van der Waals surface area contributed by atoms with Crippen molar-refractivity contribution in [2.75, 3.05) is 13.1 Å². The predicted molar refractivity (Wildman–Crippen MR) is 59.9 cm³/mol. The van der Waals surface area contributed by atoms with Crippen molar-refractivity contribution >= 4 is 21.8 Å². The Morgan fingerprint density at radius 3 is 2.50 bits per heavy atom. The third-order valence-corrected chi connectivity index (χ3v) is 2.99. The predicted octanol–water partition coefficient (Wildman–Crippen LogP) is 0.0217. The number of aliphatic hydroxyl groups is 2. The van der Waals surface area contributed by atoms with Crippen LogP contribution in [-0.4, -0.2) is 51.3 Å². The summed E-state index contributed by atoms with van der Waals surface area (Å²) in [5.74, 6) is -0.226. The van der Waals surface area contributed by atoms with E-state index in [1.54, 1.807) is 12.1 Å². The molecule has 0 radical (unpaired) electrons. The van der Waals surface area contributed by atoms with Gasteiger partial charge in [-0.15, -0.1) is 0 Å². The van der Waals surface area contributed by atoms with Crippen LogP contribution >= 0.6 is 15.9 Å². The first-order valence-electron chi connectivity index (χ1n) is 4.85. The number of amides is 1. The van der Waals surface area contributed by atoms with Crippen LogP contribution in [-0.2, 0) is 0 Å². The number of halogens is 1. The van der Waals surface area contributed by atoms with Crippen molar-refractivity contribution in [1.29, 1.82) is 0 Å². The molecule has 1 aromatic heterocycles. The maximum Gasteiger partial charge on any atom is 0.255 e. The summed E-state index contributed by atoms with van der Waals surface area (Å²) in [7, 11) is 0. The molecule has 0 bridgehead atoms. The van der Waals surface area contributed by atoms with Gasteiger partial charge in [-0.3, -0.25) is 4.79 Å². The lowest BCUT2D eigenvalue weighted by atomic mass is 10.2. The van der Waals surface area contributed by atoms with Crippen molar-refractivity contribution in [3.63, 3.8) is 0 Å². The Morgan fingerprint density at radius 1 is 1.38 bits per heavy atom. The molecule has 1 saturated heterocycles. The topological polar surface area (TPSA) is 73.7 Å². The molecule has 1 aliphatic heterocycles. The van der Waals surface area contributed by atoms with Crippen LogP contribution in [0.15, 0.2) is 22.9 Å². The SMILES string of the molecule is O=C(c1ccc(Br)nc1)N1C[C@@H](O)[C@@H](O)C1. The summed E-state index contributed by atoms with van der Waals surface area (Å²) in [5.41, 5.74) is 0.449. The van der Waals surface area contributed by atoms with E-state index in [0.29, 0.717) is 10.2 Å². The summed E-state index contributed by atoms with van der Waals surface area (Å²) >= 11 is 3.18. The Balaban J connectivity index is 2.11. The van der Waals surface area contributed by atoms with Crippen LogP contribution in [0.3, 0.4) is 0 Å². The maximum absolute atomic E-state index is 11.9. The highest BCUT2D eigenvalue weighted by atomic mass is 79.9. The molecular weight excluding hydrogens is 276 g/mol. The number of pyridine rings is 1. The number of carbonyl (C=O) groups is 1. The number of aliphatic hydroxyl groups excluding tert-OH is 2. The van der Waals surface area contributed by atoms with Gasteiger partial charge in [-0.05, 0) is 28.1 Å². The van der Waals surface area contributed by atoms with Crippen molar-refractivity contribution in [2.24, 2.45) is 0 Å². The molecule has 2 rings (SSSR count). The average Bonchev–Trinajstić information content (AvgIpc) is 2.59. The second-order valence-corrected chi connectivity index (χ2v) is 4.53. The molecule has 5 nitrogen and oxygen atoms in total. The van der Waals surface area contributed by atoms with Crippen molar-refractivity contribution in [3.05, 3.63) is 28.5 Å². The van der Waals surface area contributed by atoms with Crippen molar-refractivity contribution in [3.8, 4) is 0 Å². The fraction of sp³-hybridized carbons (Fsp3) is 0.400. The highest BCUT2D eigenvalue weighted by Crippen LogP contribution is 2.14. The summed E-state index contributed by atoms with van der Waals surface area (Å²) in [6.07, 6.45) is -0.247. The lowest BCUT2D eigenvalue weighted by Gasteiger charge is -2.14. The highest BCUT2D eigenvalue weighted by molar-refractivity contribution is 9.10. The summed E-state index contributed by atoms with van der Waals surface area (Å²) in [5, 5.41) is 18.7. The quantitative estimate of drug-likeness (QED) is 0.714. The zero-order valence-electron chi connectivity index (χ0n) is 8.38. The molecule has 1 aromatic rings. The first kappa shape index (κ1) is 11.5. The van der Waals surface area contributed by atoms with E-state index in [4.69, 9.17) is 0 Å². The van der Waals surface area contributed by atoms with Gasteiger partial charge in [-0.1, -0.05) is 0 Å². The van der Waals surface area contributed by atoms with Crippen molar-refractivity contribution < 1.29 is 15.0 Å². The molecule has 16 heavy (non-hydrogen) atoms. The van der Waals surface area contributed by atoms with E-state index in [1.807, 2.05) is 0 Å². The molecule has 0 spiro atoms. The number of nitrogens with zero attached hydrogens (tertiary/aromatic N) is 2. The van der Waals surface area contributed by atoms with Gasteiger partial charge in [0.15, 0.2) is 0 Å². The van der Waals surface area contributed by atoms with Crippen LogP contribution in [0.25, 0.3) is 0 Å². The first-order chi connectivity index (χ1) is 7.58. The van der Waals surface area contributed by atoms with E-state index in [1.165, 1.54) is 11.1 Å². The molecule has 86 valence electrons. The fourth-order valence-electron chi connectivity index (χ4n) is 1.62. The molecular formula is C10H11BrN2O3. The van der Waals surface area contributed by atoms with E-state index < -0.39 is 12.2 Å². The maximum atomic E-state index is 11.9. The van der Waals surface area contributed by atoms with Gasteiger partial charge < -0.3 is 15.1 Å². The average molecular weight is 287 g/mol. The van der Waals surface area contributed by atoms with Crippen LogP contribution < -0.4 is 0 Å². The molecule has 0 aliphatic carbocycles. The number of aromatic nitrogens is 1. The van der Waals surface area contributed by atoms with Crippen LogP contribution in [0.2, 0.25) is 0 Å². The van der Waals surface area contributed by atoms with Gasteiger partial charge in [-0.25, -0.2) is 4.98 Å². The van der Waals surface area contributed by atoms with Gasteiger partial charge in [0.05, 0.1) is 17.8 Å². The fourth-order valence-corrected chi connectivity index (χ4v) is 1.85. The number of likely N-dealkylation sites (tertiary alicyclic amines) is 1. The molecule has 6 heteroatoms. The van der Waals surface area contributed by atoms with Crippen molar-refractivity contribution in [2.45, 2.75) is 12.2 Å². The molecule has 0 aromatic carbocycles. The van der Waals surface area contributed by atoms with E-state index in [9.17, 15) is 15.0 Å². The lowest BCUT2D eigenvalue weighted by Crippen LogP contribution is -2.29. The Kier molecular flexibility index (Phi) is 3.22. The molecule has 1 fully saturated rings. The number of hydrogen-bond donors (Lipinski definition) is 2. The number of rotatable bonds is 1. The summed E-state index contributed by atoms with van der Waals surface area (Å²) in [6, 6.07) is 3.33. The monoisotopic (exact) mass is 286 g/mol. The molecule has 2 N–H and O–H groups in total. The molecule has 1 amide bonds. The number of β-amino-alcohol motifs (C(OH)–C–C–N with tert-alkyl or cyclic N) is 2. The van der Waals surface area contributed by atoms with Gasteiger partial charge in [0.2, 0.25) is 0 Å². The summed E-state index contributed by atoms with van der Waals surface area (Å²) in [6.45, 7) is 0.326. The largest absolute Gasteiger partial charge is 0.388 e. The zero-order chi connectivity index (χ0) is 11.7. The summed E-state index contributed by atoms with van der Waals surface area (Å²) in [4.78, 5) is 17.3. The minimum atomic E-state index is -0.854. The third kappa shape index (κ3) is 2.23. The molecule has 0 unspecified atom stereocenters. The Morgan fingerprint density at radius 2 is 2.00 bits per heavy atom. The lowest BCUT2D eigenvalue weighted by molar-refractivity contribution is 0.0572. The van der Waals surface area contributed by atoms with E-state index in [2.05, 4.69) is 20.9 Å². The molecule has 2 atom stereocenters. The van der Waals surface area contributed by atoms with Gasteiger partial charge in [0.25, 0.3) is 5.91 Å². The van der Waals surface area contributed by atoms with E-state index in [0.717, 1.165) is 0 Å². The second kappa shape index (κ2) is 4.48. The highest BCUT2D eigenvalue weighted by Gasteiger charge is 2.32. The molecule has 2 heterocycles. The van der Waals surface area contributed by atoms with E-state index in [-0.39, 0.29) is 19.0 Å². The van der Waals surface area contributed by atoms with Crippen molar-refractivity contribution in [1.82, 2.24) is 9.88 Å².